The molecule has 4 N–H and O–H groups in total. The van der Waals surface area contributed by atoms with Crippen LogP contribution in [-0.2, 0) is 8.63 Å². The molecule has 1 aromatic carbocycles. The van der Waals surface area contributed by atoms with Crippen molar-refractivity contribution < 1.29 is 23.8 Å². The van der Waals surface area contributed by atoms with Crippen molar-refractivity contribution in [3.05, 3.63) is 45.1 Å². The number of aliphatic hydroxyl groups is 2. The van der Waals surface area contributed by atoms with Gasteiger partial charge >= 0.3 is 135 Å². The number of non-ortho nitro benzene ring substituents is 1. The standard InChI is InChI=1S/C30H49N5O6Se/c1-2-3-4-5-6-7-8-9-10-11-12-13-15-18-27(37)25(23-36)32-28(38)19-16-14-17-22-31-24-20-21-26(35(39)40)30-29(24)33-42(41)34-30/h15,18,20-21,25,27,31,36-37H,2-14,16-17,19,22-23H2,1H3,(H,32,38)/b18-15+/t25-,27+,42?/m0/s1. The van der Waals surface area contributed by atoms with Crippen molar-refractivity contribution in [2.75, 3.05) is 18.5 Å². The van der Waals surface area contributed by atoms with E-state index in [0.29, 0.717) is 18.7 Å². The van der Waals surface area contributed by atoms with E-state index in [1.165, 1.54) is 70.3 Å². The number of anilines is 1. The first-order valence-electron chi connectivity index (χ1n) is 15.5. The Balaban J connectivity index is 1.55. The fourth-order valence-electron chi connectivity index (χ4n) is 4.84. The Bertz CT molecular complexity index is 1150. The van der Waals surface area contributed by atoms with Crippen molar-refractivity contribution in [1.82, 2.24) is 5.32 Å². The van der Waals surface area contributed by atoms with Gasteiger partial charge in [0, 0.05) is 0 Å². The number of nitro groups is 1. The van der Waals surface area contributed by atoms with Crippen LogP contribution in [0.2, 0.25) is 0 Å². The molecule has 1 unspecified atom stereocenters. The number of carbonyl (C=O) groups is 1. The second-order valence-corrected chi connectivity index (χ2v) is 12.6. The zero-order valence-electron chi connectivity index (χ0n) is 25.0. The molecule has 1 heterocycles. The molecule has 0 aromatic heterocycles. The minimum absolute atomic E-state index is 0.0613. The van der Waals surface area contributed by atoms with Crippen molar-refractivity contribution in [2.24, 2.45) is 8.02 Å². The van der Waals surface area contributed by atoms with Crippen LogP contribution in [0.5, 0.6) is 0 Å². The van der Waals surface area contributed by atoms with Gasteiger partial charge in [0.1, 0.15) is 0 Å². The quantitative estimate of drug-likeness (QED) is 0.0423. The number of unbranched alkanes of at least 4 members (excludes halogenated alkanes) is 13. The van der Waals surface area contributed by atoms with Crippen LogP contribution in [0.4, 0.5) is 11.4 Å². The molecule has 42 heavy (non-hydrogen) atoms. The van der Waals surface area contributed by atoms with Crippen LogP contribution < -0.4 is 21.3 Å². The second-order valence-electron chi connectivity index (χ2n) is 10.8. The molecular formula is C30H49N5O6Se. The van der Waals surface area contributed by atoms with E-state index in [-0.39, 0.29) is 35.3 Å². The normalized spacial score (nSPS) is 15.5. The number of aliphatic hydroxyl groups excluding tert-OH is 2. The summed E-state index contributed by atoms with van der Waals surface area (Å²) in [6, 6.07) is 2.13. The van der Waals surface area contributed by atoms with Crippen LogP contribution in [0.15, 0.2) is 32.3 Å². The first-order chi connectivity index (χ1) is 20.4. The van der Waals surface area contributed by atoms with E-state index in [1.807, 2.05) is 6.08 Å². The summed E-state index contributed by atoms with van der Waals surface area (Å²) in [5.41, 5.74) is 0.342. The molecule has 3 atom stereocenters. The first-order valence-corrected chi connectivity index (χ1v) is 17.8. The van der Waals surface area contributed by atoms with Gasteiger partial charge in [-0.25, -0.2) is 0 Å². The van der Waals surface area contributed by atoms with Crippen molar-refractivity contribution in [3.63, 3.8) is 0 Å². The molecule has 0 spiro atoms. The van der Waals surface area contributed by atoms with Crippen LogP contribution in [0.1, 0.15) is 110 Å². The van der Waals surface area contributed by atoms with Gasteiger partial charge < -0.3 is 10.2 Å². The van der Waals surface area contributed by atoms with Crippen molar-refractivity contribution >= 4 is 31.6 Å². The molecule has 0 bridgehead atoms. The number of carbonyl (C=O) groups excluding carboxylic acids is 1. The van der Waals surface area contributed by atoms with E-state index in [9.17, 15) is 29.0 Å². The van der Waals surface area contributed by atoms with Crippen LogP contribution in [-0.4, -0.2) is 60.6 Å². The maximum atomic E-state index is 12.3. The summed E-state index contributed by atoms with van der Waals surface area (Å²) < 4.78 is 19.6. The van der Waals surface area contributed by atoms with Gasteiger partial charge in [0.25, 0.3) is 0 Å². The Morgan fingerprint density at radius 2 is 1.60 bits per heavy atom. The summed E-state index contributed by atoms with van der Waals surface area (Å²) in [6.07, 6.45) is 20.1. The number of rotatable bonds is 24. The van der Waals surface area contributed by atoms with E-state index in [2.05, 4.69) is 25.6 Å². The molecule has 1 amide bonds. The zero-order valence-corrected chi connectivity index (χ0v) is 26.7. The summed E-state index contributed by atoms with van der Waals surface area (Å²) in [7, 11) is 0. The molecule has 11 nitrogen and oxygen atoms in total. The molecule has 12 heteroatoms. The molecule has 1 aromatic rings. The molecule has 0 saturated carbocycles. The van der Waals surface area contributed by atoms with E-state index in [1.54, 1.807) is 12.1 Å². The van der Waals surface area contributed by atoms with E-state index < -0.39 is 31.3 Å². The molecule has 0 radical (unpaired) electrons. The van der Waals surface area contributed by atoms with Gasteiger partial charge in [-0.2, -0.15) is 0 Å². The number of nitrogens with one attached hydrogen (secondary N) is 2. The van der Waals surface area contributed by atoms with Gasteiger partial charge in [0.05, 0.1) is 12.7 Å². The number of amides is 1. The number of fused-ring (bicyclic) bond motifs is 1. The summed E-state index contributed by atoms with van der Waals surface area (Å²) in [6.45, 7) is 2.45. The Morgan fingerprint density at radius 1 is 0.976 bits per heavy atom. The van der Waals surface area contributed by atoms with Crippen molar-refractivity contribution in [2.45, 2.75) is 122 Å². The predicted octanol–water partition coefficient (Wildman–Crippen LogP) is 4.33. The molecular weight excluding hydrogens is 605 g/mol. The molecule has 0 aliphatic carbocycles. The van der Waals surface area contributed by atoms with Gasteiger partial charge in [-0.3, -0.25) is 0 Å². The number of nitrogens with zero attached hydrogens (tertiary/aromatic N) is 3. The average Bonchev–Trinajstić information content (AvgIpc) is 3.37. The van der Waals surface area contributed by atoms with E-state index >= 15 is 0 Å². The topological polar surface area (TPSA) is 167 Å². The fourth-order valence-corrected chi connectivity index (χ4v) is 6.35. The number of benzene rings is 1. The van der Waals surface area contributed by atoms with Crippen LogP contribution >= 0.6 is 0 Å². The fraction of sp³-hybridized carbons (Fsp3) is 0.700. The average molecular weight is 655 g/mol. The van der Waals surface area contributed by atoms with Gasteiger partial charge in [-0.05, 0) is 12.8 Å². The molecule has 1 aliphatic rings. The Morgan fingerprint density at radius 3 is 2.24 bits per heavy atom. The van der Waals surface area contributed by atoms with Crippen molar-refractivity contribution in [3.8, 4) is 0 Å². The summed E-state index contributed by atoms with van der Waals surface area (Å²) >= 11 is -2.83. The van der Waals surface area contributed by atoms with Crippen LogP contribution in [0.25, 0.3) is 0 Å². The first kappa shape index (κ1) is 35.7. The van der Waals surface area contributed by atoms with Gasteiger partial charge in [-0.1, -0.05) is 83.3 Å². The van der Waals surface area contributed by atoms with Crippen molar-refractivity contribution in [1.29, 1.82) is 0 Å². The third kappa shape index (κ3) is 13.6. The Labute approximate surface area is 253 Å². The van der Waals surface area contributed by atoms with Gasteiger partial charge in [-0.15, -0.1) is 0 Å². The second kappa shape index (κ2) is 21.2. The maximum absolute atomic E-state index is 12.3. The van der Waals surface area contributed by atoms with E-state index in [4.69, 9.17) is 0 Å². The minimum atomic E-state index is -2.83. The van der Waals surface area contributed by atoms with Gasteiger partial charge in [0.2, 0.25) is 0 Å². The zero-order chi connectivity index (χ0) is 30.6. The van der Waals surface area contributed by atoms with Crippen LogP contribution in [0, 0.1) is 10.1 Å². The molecule has 1 aliphatic heterocycles. The van der Waals surface area contributed by atoms with Crippen LogP contribution in [0.3, 0.4) is 0 Å². The molecule has 236 valence electrons. The molecule has 2 rings (SSSR count). The summed E-state index contributed by atoms with van der Waals surface area (Å²) in [5.74, 6) is -0.223. The number of nitro benzene ring substituents is 1. The number of hydrogen-bond acceptors (Lipinski definition) is 7. The third-order valence-corrected chi connectivity index (χ3v) is 8.75. The Kier molecular flexibility index (Phi) is 18.0. The molecule has 0 saturated heterocycles. The summed E-state index contributed by atoms with van der Waals surface area (Å²) in [5, 5.41) is 37.4. The molecule has 0 fully saturated rings. The number of allylic oxidation sites excluding steroid dienone is 1. The summed E-state index contributed by atoms with van der Waals surface area (Å²) in [4.78, 5) is 22.9. The number of hydrogen-bond donors (Lipinski definition) is 4. The van der Waals surface area contributed by atoms with Gasteiger partial charge in [0.15, 0.2) is 0 Å². The monoisotopic (exact) mass is 655 g/mol. The SMILES string of the molecule is CCCCCCCCCCCCC/C=C/[C@@H](O)[C@H](CO)NC(=O)CCCCCNc1ccc([N+](=O)[O-])c2c1=N[Se](=O)N=2. The predicted molar refractivity (Wildman–Crippen MR) is 164 cm³/mol. The van der Waals surface area contributed by atoms with E-state index in [0.717, 1.165) is 25.7 Å². The Hall–Kier alpha value is -2.53. The third-order valence-electron chi connectivity index (χ3n) is 7.32.